The minimum absolute atomic E-state index is 0.204. The standard InChI is InChI=1S/C20H18N4O2S/c1-24-13-5-4-6-14(25)19(13)18(12-11-22-23-20(12)24)15-8-9-17(26-15)27-16-7-2-3-10-21-16/h2-3,7-11,18H,4-6H2,1H3,(H,22,23). The third kappa shape index (κ3) is 2.70. The molecule has 4 heterocycles. The summed E-state index contributed by atoms with van der Waals surface area (Å²) in [5.74, 6) is 1.63. The molecule has 0 spiro atoms. The Labute approximate surface area is 160 Å². The highest BCUT2D eigenvalue weighted by Crippen LogP contribution is 2.47. The number of pyridine rings is 1. The fourth-order valence-corrected chi connectivity index (χ4v) is 4.67. The second-order valence-corrected chi connectivity index (χ2v) is 7.74. The van der Waals surface area contributed by atoms with E-state index < -0.39 is 0 Å². The van der Waals surface area contributed by atoms with Crippen molar-refractivity contribution in [3.63, 3.8) is 0 Å². The number of H-pyrrole nitrogens is 1. The fraction of sp³-hybridized carbons (Fsp3) is 0.250. The quantitative estimate of drug-likeness (QED) is 0.738. The highest BCUT2D eigenvalue weighted by Gasteiger charge is 2.40. The molecule has 1 atom stereocenters. The number of furan rings is 1. The van der Waals surface area contributed by atoms with Crippen LogP contribution in [0.1, 0.15) is 36.5 Å². The third-order valence-electron chi connectivity index (χ3n) is 5.13. The SMILES string of the molecule is CN1C2=C(C(=O)CCC2)C(c2ccc(Sc3ccccn3)o2)c2c[nH]nc21. The Morgan fingerprint density at radius 2 is 2.19 bits per heavy atom. The van der Waals surface area contributed by atoms with Crippen LogP contribution in [0.4, 0.5) is 5.82 Å². The number of aromatic amines is 1. The number of nitrogens with one attached hydrogen (secondary N) is 1. The van der Waals surface area contributed by atoms with Crippen molar-refractivity contribution in [1.29, 1.82) is 0 Å². The smallest absolute Gasteiger partial charge is 0.166 e. The Balaban J connectivity index is 1.57. The van der Waals surface area contributed by atoms with Crippen LogP contribution in [-0.4, -0.2) is 28.0 Å². The van der Waals surface area contributed by atoms with Crippen LogP contribution in [-0.2, 0) is 4.79 Å². The molecule has 0 fully saturated rings. The van der Waals surface area contributed by atoms with E-state index in [0.717, 1.165) is 51.4 Å². The lowest BCUT2D eigenvalue weighted by Crippen LogP contribution is -2.32. The van der Waals surface area contributed by atoms with Gasteiger partial charge in [0.05, 0.1) is 5.92 Å². The summed E-state index contributed by atoms with van der Waals surface area (Å²) >= 11 is 1.47. The molecule has 7 heteroatoms. The first-order valence-corrected chi connectivity index (χ1v) is 9.76. The molecule has 0 aromatic carbocycles. The van der Waals surface area contributed by atoms with Gasteiger partial charge in [-0.05, 0) is 48.9 Å². The van der Waals surface area contributed by atoms with E-state index in [9.17, 15) is 4.79 Å². The number of nitrogens with zero attached hydrogens (tertiary/aromatic N) is 3. The summed E-state index contributed by atoms with van der Waals surface area (Å²) in [7, 11) is 1.98. The predicted octanol–water partition coefficient (Wildman–Crippen LogP) is 4.14. The Hall–Kier alpha value is -2.80. The molecule has 0 radical (unpaired) electrons. The van der Waals surface area contributed by atoms with Crippen LogP contribution in [0.25, 0.3) is 0 Å². The Morgan fingerprint density at radius 1 is 1.26 bits per heavy atom. The maximum Gasteiger partial charge on any atom is 0.166 e. The molecule has 3 aromatic heterocycles. The summed E-state index contributed by atoms with van der Waals surface area (Å²) in [5.41, 5.74) is 2.89. The predicted molar refractivity (Wildman–Crippen MR) is 102 cm³/mol. The number of fused-ring (bicyclic) bond motifs is 1. The van der Waals surface area contributed by atoms with Crippen molar-refractivity contribution in [3.8, 4) is 0 Å². The summed E-state index contributed by atoms with van der Waals surface area (Å²) in [5, 5.41) is 8.99. The topological polar surface area (TPSA) is 75.0 Å². The number of anilines is 1. The van der Waals surface area contributed by atoms with E-state index in [1.54, 1.807) is 6.20 Å². The van der Waals surface area contributed by atoms with Crippen molar-refractivity contribution in [2.24, 2.45) is 0 Å². The molecule has 0 saturated heterocycles. The molecule has 0 saturated carbocycles. The minimum Gasteiger partial charge on any atom is -0.453 e. The molecule has 1 aliphatic carbocycles. The molecule has 6 nitrogen and oxygen atoms in total. The van der Waals surface area contributed by atoms with Gasteiger partial charge in [-0.25, -0.2) is 4.98 Å². The van der Waals surface area contributed by atoms with Gasteiger partial charge in [-0.1, -0.05) is 6.07 Å². The van der Waals surface area contributed by atoms with Crippen LogP contribution >= 0.6 is 11.8 Å². The fourth-order valence-electron chi connectivity index (χ4n) is 3.93. The molecule has 1 unspecified atom stereocenters. The van der Waals surface area contributed by atoms with Crippen LogP contribution in [0.5, 0.6) is 0 Å². The molecule has 2 aliphatic rings. The number of allylic oxidation sites excluding steroid dienone is 2. The average molecular weight is 378 g/mol. The summed E-state index contributed by atoms with van der Waals surface area (Å²) in [4.78, 5) is 19.2. The Morgan fingerprint density at radius 3 is 3.04 bits per heavy atom. The number of aromatic nitrogens is 3. The molecular formula is C20H18N4O2S. The van der Waals surface area contributed by atoms with Gasteiger partial charge in [0.15, 0.2) is 16.7 Å². The second kappa shape index (κ2) is 6.42. The van der Waals surface area contributed by atoms with Gasteiger partial charge < -0.3 is 9.32 Å². The maximum atomic E-state index is 12.8. The normalized spacial score (nSPS) is 19.2. The molecule has 1 N–H and O–H groups in total. The number of rotatable bonds is 3. The highest BCUT2D eigenvalue weighted by atomic mass is 32.2. The molecule has 3 aromatic rings. The summed E-state index contributed by atoms with van der Waals surface area (Å²) in [6, 6.07) is 9.69. The number of carbonyl (C=O) groups excluding carboxylic acids is 1. The first-order chi connectivity index (χ1) is 13.2. The molecule has 27 heavy (non-hydrogen) atoms. The van der Waals surface area contributed by atoms with E-state index in [4.69, 9.17) is 4.42 Å². The number of hydrogen-bond donors (Lipinski definition) is 1. The van der Waals surface area contributed by atoms with Crippen molar-refractivity contribution >= 4 is 23.4 Å². The molecular weight excluding hydrogens is 360 g/mol. The van der Waals surface area contributed by atoms with Gasteiger partial charge in [-0.3, -0.25) is 9.89 Å². The van der Waals surface area contributed by atoms with Gasteiger partial charge in [-0.15, -0.1) is 0 Å². The van der Waals surface area contributed by atoms with Gasteiger partial charge in [0, 0.05) is 42.7 Å². The largest absolute Gasteiger partial charge is 0.453 e. The van der Waals surface area contributed by atoms with E-state index in [0.29, 0.717) is 6.42 Å². The highest BCUT2D eigenvalue weighted by molar-refractivity contribution is 7.99. The van der Waals surface area contributed by atoms with Crippen LogP contribution < -0.4 is 4.90 Å². The summed E-state index contributed by atoms with van der Waals surface area (Å²) in [6.07, 6.45) is 5.99. The first kappa shape index (κ1) is 16.4. The van der Waals surface area contributed by atoms with Crippen LogP contribution in [0.15, 0.2) is 68.5 Å². The lowest BCUT2D eigenvalue weighted by Gasteiger charge is -2.35. The van der Waals surface area contributed by atoms with E-state index in [1.165, 1.54) is 11.8 Å². The van der Waals surface area contributed by atoms with Crippen molar-refractivity contribution in [2.45, 2.75) is 35.3 Å². The molecule has 1 aliphatic heterocycles. The molecule has 0 bridgehead atoms. The van der Waals surface area contributed by atoms with Crippen molar-refractivity contribution < 1.29 is 9.21 Å². The van der Waals surface area contributed by atoms with Crippen LogP contribution in [0, 0.1) is 0 Å². The summed E-state index contributed by atoms with van der Waals surface area (Å²) in [6.45, 7) is 0. The first-order valence-electron chi connectivity index (χ1n) is 8.94. The van der Waals surface area contributed by atoms with Crippen molar-refractivity contribution in [3.05, 3.63) is 65.3 Å². The van der Waals surface area contributed by atoms with Crippen LogP contribution in [0.2, 0.25) is 0 Å². The van der Waals surface area contributed by atoms with E-state index in [-0.39, 0.29) is 11.7 Å². The maximum absolute atomic E-state index is 12.8. The number of hydrogen-bond acceptors (Lipinski definition) is 6. The lowest BCUT2D eigenvalue weighted by molar-refractivity contribution is -0.116. The molecule has 0 amide bonds. The lowest BCUT2D eigenvalue weighted by atomic mass is 9.78. The zero-order valence-electron chi connectivity index (χ0n) is 14.8. The minimum atomic E-state index is -0.212. The number of carbonyl (C=O) groups is 1. The zero-order valence-corrected chi connectivity index (χ0v) is 15.6. The van der Waals surface area contributed by atoms with Crippen LogP contribution in [0.3, 0.4) is 0 Å². The zero-order chi connectivity index (χ0) is 18.4. The van der Waals surface area contributed by atoms with Crippen molar-refractivity contribution in [1.82, 2.24) is 15.2 Å². The Kier molecular flexibility index (Phi) is 3.89. The van der Waals surface area contributed by atoms with Gasteiger partial charge in [0.1, 0.15) is 10.8 Å². The monoisotopic (exact) mass is 378 g/mol. The van der Waals surface area contributed by atoms with Gasteiger partial charge in [0.2, 0.25) is 0 Å². The summed E-state index contributed by atoms with van der Waals surface area (Å²) < 4.78 is 6.16. The number of Topliss-reactive ketones (excluding diaryl/α,β-unsaturated/α-hetero) is 1. The van der Waals surface area contributed by atoms with Gasteiger partial charge >= 0.3 is 0 Å². The van der Waals surface area contributed by atoms with Gasteiger partial charge in [-0.2, -0.15) is 5.10 Å². The van der Waals surface area contributed by atoms with Crippen molar-refractivity contribution in [2.75, 3.05) is 11.9 Å². The third-order valence-corrected chi connectivity index (χ3v) is 6.00. The molecule has 5 rings (SSSR count). The molecule has 136 valence electrons. The number of ketones is 1. The van der Waals surface area contributed by atoms with E-state index >= 15 is 0 Å². The van der Waals surface area contributed by atoms with E-state index in [1.807, 2.05) is 48.5 Å². The van der Waals surface area contributed by atoms with Gasteiger partial charge in [0.25, 0.3) is 0 Å². The second-order valence-electron chi connectivity index (χ2n) is 6.72. The van der Waals surface area contributed by atoms with E-state index in [2.05, 4.69) is 15.2 Å². The average Bonchev–Trinajstić information content (AvgIpc) is 3.34. The Bertz CT molecular complexity index is 1040.